The summed E-state index contributed by atoms with van der Waals surface area (Å²) in [5.74, 6) is 0.775. The summed E-state index contributed by atoms with van der Waals surface area (Å²) < 4.78 is 17.4. The van der Waals surface area contributed by atoms with Gasteiger partial charge in [0.2, 0.25) is 0 Å². The van der Waals surface area contributed by atoms with Gasteiger partial charge < -0.3 is 29.7 Å². The van der Waals surface area contributed by atoms with Crippen LogP contribution in [-0.2, 0) is 9.53 Å². The lowest BCUT2D eigenvalue weighted by Crippen LogP contribution is -2.69. The largest absolute Gasteiger partial charge is 0.486 e. The number of likely N-dealkylation sites (tertiary alicyclic amines) is 1. The van der Waals surface area contributed by atoms with Crippen LogP contribution in [0.1, 0.15) is 36.5 Å². The maximum atomic E-state index is 13.1. The Labute approximate surface area is 187 Å². The highest BCUT2D eigenvalue weighted by Gasteiger charge is 2.53. The first-order chi connectivity index (χ1) is 15.4. The summed E-state index contributed by atoms with van der Waals surface area (Å²) in [7, 11) is 0. The molecule has 3 N–H and O–H groups in total. The van der Waals surface area contributed by atoms with Crippen LogP contribution in [0.25, 0.3) is 0 Å². The van der Waals surface area contributed by atoms with Gasteiger partial charge in [-0.15, -0.1) is 6.58 Å². The molecule has 176 valence electrons. The van der Waals surface area contributed by atoms with Crippen molar-refractivity contribution >= 4 is 12.4 Å². The third-order valence-electron chi connectivity index (χ3n) is 6.41. The summed E-state index contributed by atoms with van der Waals surface area (Å²) in [6, 6.07) is 5.30. The fraction of sp³-hybridized carbons (Fsp3) is 0.565. The molecule has 1 spiro atoms. The number of carboxylic acid groups (broad SMARTS) is 1. The van der Waals surface area contributed by atoms with Gasteiger partial charge in [-0.1, -0.05) is 12.1 Å². The number of para-hydroxylation sites is 1. The number of ether oxygens (including phenoxy) is 3. The number of hydrogen-bond acceptors (Lipinski definition) is 7. The lowest BCUT2D eigenvalue weighted by atomic mass is 9.73. The van der Waals surface area contributed by atoms with E-state index < -0.39 is 17.2 Å². The molecule has 3 heterocycles. The van der Waals surface area contributed by atoms with Gasteiger partial charge in [-0.05, 0) is 38.3 Å². The number of rotatable bonds is 4. The predicted octanol–water partition coefficient (Wildman–Crippen LogP) is 1.45. The van der Waals surface area contributed by atoms with Gasteiger partial charge >= 0.3 is 0 Å². The number of aliphatic hydroxyl groups is 1. The van der Waals surface area contributed by atoms with Crippen molar-refractivity contribution in [3.8, 4) is 11.5 Å². The summed E-state index contributed by atoms with van der Waals surface area (Å²) in [6.07, 6.45) is 3.10. The number of benzene rings is 1. The van der Waals surface area contributed by atoms with Crippen LogP contribution in [0.2, 0.25) is 0 Å². The molecule has 9 nitrogen and oxygen atoms in total. The van der Waals surface area contributed by atoms with Crippen LogP contribution in [0.15, 0.2) is 30.9 Å². The topological polar surface area (TPSA) is 118 Å². The molecule has 0 aliphatic carbocycles. The average molecular weight is 449 g/mol. The highest BCUT2D eigenvalue weighted by Crippen LogP contribution is 2.40. The van der Waals surface area contributed by atoms with Gasteiger partial charge in [0.1, 0.15) is 19.3 Å². The van der Waals surface area contributed by atoms with Crippen LogP contribution >= 0.6 is 0 Å². The maximum Gasteiger partial charge on any atom is 0.290 e. The Balaban J connectivity index is 0.000000913. The number of carbonyl (C=O) groups excluding carboxylic acids is 1. The summed E-state index contributed by atoms with van der Waals surface area (Å²) >= 11 is 0. The minimum absolute atomic E-state index is 0.250. The zero-order valence-corrected chi connectivity index (χ0v) is 18.4. The molecule has 0 saturated carbocycles. The molecule has 3 aliphatic heterocycles. The van der Waals surface area contributed by atoms with Gasteiger partial charge in [0.25, 0.3) is 12.4 Å². The second-order valence-corrected chi connectivity index (χ2v) is 8.46. The lowest BCUT2D eigenvalue weighted by Gasteiger charge is -2.53. The lowest BCUT2D eigenvalue weighted by molar-refractivity contribution is -0.205. The zero-order valence-electron chi connectivity index (χ0n) is 18.4. The van der Waals surface area contributed by atoms with Crippen molar-refractivity contribution in [3.05, 3.63) is 36.4 Å². The molecule has 9 heteroatoms. The van der Waals surface area contributed by atoms with Gasteiger partial charge in [0, 0.05) is 26.2 Å². The van der Waals surface area contributed by atoms with E-state index in [4.69, 9.17) is 24.1 Å². The molecular formula is C23H32N2O7. The molecule has 2 atom stereocenters. The fourth-order valence-corrected chi connectivity index (χ4v) is 4.69. The van der Waals surface area contributed by atoms with E-state index in [1.807, 2.05) is 13.0 Å². The molecule has 0 bridgehead atoms. The Kier molecular flexibility index (Phi) is 7.76. The molecule has 1 aromatic carbocycles. The van der Waals surface area contributed by atoms with Crippen molar-refractivity contribution in [1.29, 1.82) is 0 Å². The number of carbonyl (C=O) groups is 2. The van der Waals surface area contributed by atoms with E-state index >= 15 is 0 Å². The van der Waals surface area contributed by atoms with E-state index in [0.717, 1.165) is 32.5 Å². The Morgan fingerprint density at radius 2 is 1.94 bits per heavy atom. The Hall–Kier alpha value is -2.62. The minimum Gasteiger partial charge on any atom is -0.486 e. The summed E-state index contributed by atoms with van der Waals surface area (Å²) in [6.45, 7) is 9.35. The number of nitrogens with one attached hydrogen (secondary N) is 1. The average Bonchev–Trinajstić information content (AvgIpc) is 2.79. The van der Waals surface area contributed by atoms with Crippen molar-refractivity contribution in [2.24, 2.45) is 0 Å². The Morgan fingerprint density at radius 1 is 1.25 bits per heavy atom. The van der Waals surface area contributed by atoms with Gasteiger partial charge in [0.05, 0.1) is 16.7 Å². The van der Waals surface area contributed by atoms with E-state index in [-0.39, 0.29) is 12.4 Å². The maximum absolute atomic E-state index is 13.1. The standard InChI is InChI=1S/C22H30N2O5.CH2O2/c1-3-10-24-11-7-22(8-12-24)20(26)21(2,9-13-29-22)23-19(25)16-5-4-6-17-18(16)28-15-14-27-17;2-1-3/h3-6,20,26H,1,7-15H2,2H3,(H,23,25);1H,(H,2,3)/t20-,21+;/m1./s1. The summed E-state index contributed by atoms with van der Waals surface area (Å²) in [5, 5.41) is 21.3. The third kappa shape index (κ3) is 4.90. The van der Waals surface area contributed by atoms with Gasteiger partial charge in [0.15, 0.2) is 11.5 Å². The first-order valence-corrected chi connectivity index (χ1v) is 10.8. The monoisotopic (exact) mass is 448 g/mol. The van der Waals surface area contributed by atoms with E-state index in [1.165, 1.54) is 0 Å². The van der Waals surface area contributed by atoms with Crippen LogP contribution < -0.4 is 14.8 Å². The van der Waals surface area contributed by atoms with Crippen LogP contribution in [0.5, 0.6) is 11.5 Å². The second-order valence-electron chi connectivity index (χ2n) is 8.46. The molecule has 4 rings (SSSR count). The van der Waals surface area contributed by atoms with E-state index in [2.05, 4.69) is 16.8 Å². The molecule has 2 fully saturated rings. The smallest absolute Gasteiger partial charge is 0.290 e. The number of nitrogens with zero attached hydrogens (tertiary/aromatic N) is 1. The zero-order chi connectivity index (χ0) is 23.2. The van der Waals surface area contributed by atoms with E-state index in [1.54, 1.807) is 18.2 Å². The Morgan fingerprint density at radius 3 is 2.62 bits per heavy atom. The molecule has 0 unspecified atom stereocenters. The van der Waals surface area contributed by atoms with Crippen molar-refractivity contribution in [1.82, 2.24) is 10.2 Å². The van der Waals surface area contributed by atoms with Crippen LogP contribution in [-0.4, -0.2) is 84.2 Å². The van der Waals surface area contributed by atoms with Gasteiger partial charge in [-0.25, -0.2) is 0 Å². The van der Waals surface area contributed by atoms with E-state index in [9.17, 15) is 9.90 Å². The summed E-state index contributed by atoms with van der Waals surface area (Å²) in [5.41, 5.74) is -0.987. The van der Waals surface area contributed by atoms with Gasteiger partial charge in [-0.2, -0.15) is 0 Å². The SMILES string of the molecule is C=CCN1CCC2(CC1)OCC[C@](C)(NC(=O)c1cccc3c1OCCO3)[C@H]2O.O=CO. The molecule has 1 amide bonds. The highest BCUT2D eigenvalue weighted by atomic mass is 16.6. The van der Waals surface area contributed by atoms with Crippen molar-refractivity contribution in [2.45, 2.75) is 43.4 Å². The van der Waals surface area contributed by atoms with E-state index in [0.29, 0.717) is 43.3 Å². The van der Waals surface area contributed by atoms with Crippen molar-refractivity contribution in [2.75, 3.05) is 39.5 Å². The van der Waals surface area contributed by atoms with Crippen LogP contribution in [0.4, 0.5) is 0 Å². The molecule has 0 aromatic heterocycles. The molecule has 1 aromatic rings. The highest BCUT2D eigenvalue weighted by molar-refractivity contribution is 5.98. The number of piperidine rings is 1. The summed E-state index contributed by atoms with van der Waals surface area (Å²) in [4.78, 5) is 23.8. The first kappa shape index (κ1) is 24.0. The normalized spacial score (nSPS) is 26.4. The number of amides is 1. The molecular weight excluding hydrogens is 416 g/mol. The quantitative estimate of drug-likeness (QED) is 0.468. The number of aliphatic hydroxyl groups excluding tert-OH is 1. The van der Waals surface area contributed by atoms with Gasteiger partial charge in [-0.3, -0.25) is 14.5 Å². The van der Waals surface area contributed by atoms with Crippen LogP contribution in [0.3, 0.4) is 0 Å². The molecule has 3 aliphatic rings. The number of hydrogen-bond donors (Lipinski definition) is 3. The van der Waals surface area contributed by atoms with Crippen molar-refractivity contribution in [3.63, 3.8) is 0 Å². The van der Waals surface area contributed by atoms with Crippen LogP contribution in [0, 0.1) is 0 Å². The Bertz CT molecular complexity index is 823. The minimum atomic E-state index is -0.796. The first-order valence-electron chi connectivity index (χ1n) is 10.8. The molecule has 32 heavy (non-hydrogen) atoms. The molecule has 2 saturated heterocycles. The fourth-order valence-electron chi connectivity index (χ4n) is 4.69. The molecule has 0 radical (unpaired) electrons. The second kappa shape index (κ2) is 10.3. The number of fused-ring (bicyclic) bond motifs is 1. The third-order valence-corrected chi connectivity index (χ3v) is 6.41. The van der Waals surface area contributed by atoms with Crippen molar-refractivity contribution < 1.29 is 34.0 Å². The predicted molar refractivity (Wildman–Crippen MR) is 117 cm³/mol.